The predicted molar refractivity (Wildman–Crippen MR) is 71.9 cm³/mol. The Morgan fingerprint density at radius 2 is 2.05 bits per heavy atom. The van der Waals surface area contributed by atoms with Crippen LogP contribution in [0.5, 0.6) is 0 Å². The third kappa shape index (κ3) is 2.28. The first-order chi connectivity index (χ1) is 9.45. The first-order valence-corrected chi connectivity index (χ1v) is 5.84. The molecule has 5 heteroatoms. The minimum absolute atomic E-state index is 0.202. The molecule has 0 atom stereocenters. The zero-order valence-electron chi connectivity index (χ0n) is 10.8. The third-order valence-corrected chi connectivity index (χ3v) is 3.10. The van der Waals surface area contributed by atoms with Gasteiger partial charge in [-0.2, -0.15) is 0 Å². The SMILES string of the molecule is C#CCn1c(-c2ccc(F)c(F)c2)cc(C(N)=O)c1C. The van der Waals surface area contributed by atoms with Gasteiger partial charge in [-0.25, -0.2) is 8.78 Å². The number of carbonyl (C=O) groups excluding carboxylic acids is 1. The molecule has 0 aliphatic rings. The van der Waals surface area contributed by atoms with Crippen LogP contribution in [0.25, 0.3) is 11.3 Å². The van der Waals surface area contributed by atoms with Crippen molar-refractivity contribution >= 4 is 5.91 Å². The average molecular weight is 274 g/mol. The molecule has 0 aliphatic carbocycles. The number of aromatic nitrogens is 1. The van der Waals surface area contributed by atoms with Crippen LogP contribution < -0.4 is 5.73 Å². The van der Waals surface area contributed by atoms with Gasteiger partial charge in [0.1, 0.15) is 0 Å². The van der Waals surface area contributed by atoms with E-state index in [0.29, 0.717) is 22.5 Å². The summed E-state index contributed by atoms with van der Waals surface area (Å²) in [5.41, 5.74) is 7.13. The Balaban J connectivity index is 2.66. The number of nitrogens with zero attached hydrogens (tertiary/aromatic N) is 1. The molecule has 0 saturated heterocycles. The van der Waals surface area contributed by atoms with Crippen LogP contribution in [0.2, 0.25) is 0 Å². The van der Waals surface area contributed by atoms with Gasteiger partial charge in [0.2, 0.25) is 0 Å². The van der Waals surface area contributed by atoms with Crippen LogP contribution in [0.3, 0.4) is 0 Å². The van der Waals surface area contributed by atoms with Crippen molar-refractivity contribution in [2.75, 3.05) is 0 Å². The number of halogens is 2. The van der Waals surface area contributed by atoms with Crippen molar-refractivity contribution in [3.05, 3.63) is 47.2 Å². The normalized spacial score (nSPS) is 10.3. The minimum Gasteiger partial charge on any atom is -0.366 e. The maximum absolute atomic E-state index is 13.3. The van der Waals surface area contributed by atoms with Crippen LogP contribution in [0.15, 0.2) is 24.3 Å². The highest BCUT2D eigenvalue weighted by Gasteiger charge is 2.17. The molecular formula is C15H12F2N2O. The Labute approximate surface area is 115 Å². The fourth-order valence-corrected chi connectivity index (χ4v) is 2.08. The summed E-state index contributed by atoms with van der Waals surface area (Å²) in [6.45, 7) is 1.90. The summed E-state index contributed by atoms with van der Waals surface area (Å²) in [6.07, 6.45) is 5.29. The summed E-state index contributed by atoms with van der Waals surface area (Å²) >= 11 is 0. The van der Waals surface area contributed by atoms with E-state index in [9.17, 15) is 13.6 Å². The number of hydrogen-bond acceptors (Lipinski definition) is 1. The summed E-state index contributed by atoms with van der Waals surface area (Å²) in [5, 5.41) is 0. The number of terminal acetylenes is 1. The molecule has 102 valence electrons. The number of hydrogen-bond donors (Lipinski definition) is 1. The monoisotopic (exact) mass is 274 g/mol. The van der Waals surface area contributed by atoms with Gasteiger partial charge in [-0.1, -0.05) is 5.92 Å². The minimum atomic E-state index is -0.964. The fraction of sp³-hybridized carbons (Fsp3) is 0.133. The number of nitrogens with two attached hydrogens (primary N) is 1. The molecule has 3 nitrogen and oxygen atoms in total. The molecule has 0 fully saturated rings. The van der Waals surface area contributed by atoms with Gasteiger partial charge in [-0.05, 0) is 31.2 Å². The van der Waals surface area contributed by atoms with Crippen molar-refractivity contribution in [1.82, 2.24) is 4.57 Å². The lowest BCUT2D eigenvalue weighted by Crippen LogP contribution is -2.12. The zero-order valence-corrected chi connectivity index (χ0v) is 10.8. The van der Waals surface area contributed by atoms with Crippen molar-refractivity contribution in [3.63, 3.8) is 0 Å². The lowest BCUT2D eigenvalue weighted by Gasteiger charge is -2.08. The first-order valence-electron chi connectivity index (χ1n) is 5.84. The molecule has 0 spiro atoms. The Bertz CT molecular complexity index is 726. The van der Waals surface area contributed by atoms with Crippen LogP contribution in [0.4, 0.5) is 8.78 Å². The van der Waals surface area contributed by atoms with Gasteiger partial charge in [-0.3, -0.25) is 4.79 Å². The highest BCUT2D eigenvalue weighted by molar-refractivity contribution is 5.95. The summed E-state index contributed by atoms with van der Waals surface area (Å²) in [4.78, 5) is 11.4. The van der Waals surface area contributed by atoms with Crippen molar-refractivity contribution in [2.24, 2.45) is 5.73 Å². The Morgan fingerprint density at radius 3 is 2.60 bits per heavy atom. The second kappa shape index (κ2) is 5.17. The van der Waals surface area contributed by atoms with Gasteiger partial charge in [0.25, 0.3) is 5.91 Å². The Morgan fingerprint density at radius 1 is 1.35 bits per heavy atom. The molecule has 1 amide bonds. The molecule has 0 saturated carbocycles. The van der Waals surface area contributed by atoms with Gasteiger partial charge in [0.05, 0.1) is 12.1 Å². The summed E-state index contributed by atoms with van der Waals surface area (Å²) in [6, 6.07) is 5.03. The van der Waals surface area contributed by atoms with Gasteiger partial charge in [0, 0.05) is 17.0 Å². The molecule has 0 unspecified atom stereocenters. The number of rotatable bonds is 3. The van der Waals surface area contributed by atoms with E-state index in [1.165, 1.54) is 12.1 Å². The van der Waals surface area contributed by atoms with Crippen LogP contribution in [0.1, 0.15) is 16.1 Å². The molecule has 2 aromatic rings. The zero-order chi connectivity index (χ0) is 14.9. The average Bonchev–Trinajstić information content (AvgIpc) is 2.72. The van der Waals surface area contributed by atoms with Crippen LogP contribution in [0, 0.1) is 30.9 Å². The van der Waals surface area contributed by atoms with Crippen LogP contribution >= 0.6 is 0 Å². The standard InChI is InChI=1S/C15H12F2N2O/c1-3-6-19-9(2)11(15(18)20)8-14(19)10-4-5-12(16)13(17)7-10/h1,4-5,7-8H,6H2,2H3,(H2,18,20). The molecular weight excluding hydrogens is 262 g/mol. The van der Waals surface area contributed by atoms with E-state index in [1.54, 1.807) is 11.5 Å². The van der Waals surface area contributed by atoms with Crippen molar-refractivity contribution in [1.29, 1.82) is 0 Å². The van der Waals surface area contributed by atoms with E-state index in [4.69, 9.17) is 12.2 Å². The third-order valence-electron chi connectivity index (χ3n) is 3.10. The number of carbonyl (C=O) groups is 1. The molecule has 1 heterocycles. The van der Waals surface area contributed by atoms with E-state index in [1.807, 2.05) is 0 Å². The smallest absolute Gasteiger partial charge is 0.250 e. The summed E-state index contributed by atoms with van der Waals surface area (Å²) in [5.74, 6) is -0.0373. The molecule has 0 bridgehead atoms. The molecule has 20 heavy (non-hydrogen) atoms. The molecule has 0 aliphatic heterocycles. The quantitative estimate of drug-likeness (QED) is 0.859. The largest absolute Gasteiger partial charge is 0.366 e. The molecule has 1 aromatic carbocycles. The second-order valence-electron chi connectivity index (χ2n) is 4.31. The summed E-state index contributed by atoms with van der Waals surface area (Å²) in [7, 11) is 0. The van der Waals surface area contributed by atoms with Gasteiger partial charge in [0.15, 0.2) is 11.6 Å². The van der Waals surface area contributed by atoms with Gasteiger partial charge >= 0.3 is 0 Å². The van der Waals surface area contributed by atoms with Crippen molar-refractivity contribution in [3.8, 4) is 23.6 Å². The molecule has 1 aromatic heterocycles. The van der Waals surface area contributed by atoms with Crippen molar-refractivity contribution < 1.29 is 13.6 Å². The van der Waals surface area contributed by atoms with E-state index < -0.39 is 17.5 Å². The first kappa shape index (κ1) is 13.8. The maximum Gasteiger partial charge on any atom is 0.250 e. The molecule has 2 rings (SSSR count). The van der Waals surface area contributed by atoms with E-state index in [2.05, 4.69) is 5.92 Å². The van der Waals surface area contributed by atoms with E-state index in [0.717, 1.165) is 12.1 Å². The van der Waals surface area contributed by atoms with Gasteiger partial charge in [-0.15, -0.1) is 6.42 Å². The number of primary amides is 1. The lowest BCUT2D eigenvalue weighted by molar-refractivity contribution is 0.0999. The molecule has 2 N–H and O–H groups in total. The number of amides is 1. The van der Waals surface area contributed by atoms with E-state index in [-0.39, 0.29) is 6.54 Å². The van der Waals surface area contributed by atoms with Crippen molar-refractivity contribution in [2.45, 2.75) is 13.5 Å². The van der Waals surface area contributed by atoms with Gasteiger partial charge < -0.3 is 10.3 Å². The Kier molecular flexibility index (Phi) is 3.57. The highest BCUT2D eigenvalue weighted by Crippen LogP contribution is 2.27. The highest BCUT2D eigenvalue weighted by atomic mass is 19.2. The lowest BCUT2D eigenvalue weighted by atomic mass is 10.1. The van der Waals surface area contributed by atoms with Crippen LogP contribution in [-0.2, 0) is 6.54 Å². The van der Waals surface area contributed by atoms with E-state index >= 15 is 0 Å². The van der Waals surface area contributed by atoms with Crippen LogP contribution in [-0.4, -0.2) is 10.5 Å². The maximum atomic E-state index is 13.3. The summed E-state index contributed by atoms with van der Waals surface area (Å²) < 4.78 is 28.0. The second-order valence-corrected chi connectivity index (χ2v) is 4.31. The topological polar surface area (TPSA) is 48.0 Å². The predicted octanol–water partition coefficient (Wildman–Crippen LogP) is 2.47. The molecule has 0 radical (unpaired) electrons. The fourth-order valence-electron chi connectivity index (χ4n) is 2.08. The number of benzene rings is 1. The Hall–Kier alpha value is -2.61.